The van der Waals surface area contributed by atoms with Gasteiger partial charge in [0.15, 0.2) is 0 Å². The maximum atomic E-state index is 11.0. The van der Waals surface area contributed by atoms with Crippen molar-refractivity contribution >= 4 is 27.9 Å². The van der Waals surface area contributed by atoms with Gasteiger partial charge in [0.05, 0.1) is 6.61 Å². The van der Waals surface area contributed by atoms with E-state index in [0.29, 0.717) is 30.5 Å². The number of imidazole rings is 1. The second-order valence-electron chi connectivity index (χ2n) is 3.77. The van der Waals surface area contributed by atoms with Gasteiger partial charge < -0.3 is 25.5 Å². The molecular weight excluding hydrogens is 270 g/mol. The average Bonchev–Trinajstić information content (AvgIpc) is 2.92. The van der Waals surface area contributed by atoms with Gasteiger partial charge >= 0.3 is 5.82 Å². The normalized spacial score (nSPS) is 11.0. The topological polar surface area (TPSA) is 93.7 Å². The van der Waals surface area contributed by atoms with Crippen LogP contribution in [0.2, 0.25) is 0 Å². The molecule has 0 radical (unpaired) electrons. The van der Waals surface area contributed by atoms with Crippen LogP contribution in [0.3, 0.4) is 0 Å². The number of methoxy groups -OCH3 is 1. The summed E-state index contributed by atoms with van der Waals surface area (Å²) in [5, 5.41) is 18.9. The van der Waals surface area contributed by atoms with Crippen LogP contribution in [0.25, 0.3) is 4.96 Å². The minimum Gasteiger partial charge on any atom is -0.383 e. The summed E-state index contributed by atoms with van der Waals surface area (Å²) < 4.78 is 6.38. The van der Waals surface area contributed by atoms with E-state index in [-0.39, 0.29) is 5.82 Å². The zero-order chi connectivity index (χ0) is 13.7. The quantitative estimate of drug-likeness (QED) is 0.426. The van der Waals surface area contributed by atoms with Crippen molar-refractivity contribution in [2.75, 3.05) is 38.7 Å². The fraction of sp³-hybridized carbons (Fsp3) is 0.500. The van der Waals surface area contributed by atoms with Crippen LogP contribution in [0.4, 0.5) is 11.6 Å². The first-order valence-corrected chi connectivity index (χ1v) is 6.65. The van der Waals surface area contributed by atoms with Gasteiger partial charge in [-0.3, -0.25) is 0 Å². The summed E-state index contributed by atoms with van der Waals surface area (Å²) >= 11 is 1.37. The predicted molar refractivity (Wildman–Crippen MR) is 73.0 cm³/mol. The van der Waals surface area contributed by atoms with E-state index in [1.165, 1.54) is 15.7 Å². The van der Waals surface area contributed by atoms with Crippen LogP contribution in [0.15, 0.2) is 11.6 Å². The van der Waals surface area contributed by atoms with Crippen molar-refractivity contribution < 1.29 is 9.66 Å². The van der Waals surface area contributed by atoms with E-state index in [0.717, 1.165) is 6.54 Å². The number of fused-ring (bicyclic) bond motifs is 1. The van der Waals surface area contributed by atoms with Crippen molar-refractivity contribution in [1.29, 1.82) is 0 Å². The molecule has 104 valence electrons. The lowest BCUT2D eigenvalue weighted by Crippen LogP contribution is -2.25. The molecule has 0 saturated heterocycles. The molecule has 2 aromatic heterocycles. The molecule has 0 spiro atoms. The molecule has 0 aromatic carbocycles. The van der Waals surface area contributed by atoms with Crippen molar-refractivity contribution in [1.82, 2.24) is 14.7 Å². The number of nitro groups is 1. The van der Waals surface area contributed by atoms with Gasteiger partial charge in [-0.2, -0.15) is 9.38 Å². The molecule has 2 heterocycles. The maximum absolute atomic E-state index is 11.0. The van der Waals surface area contributed by atoms with Gasteiger partial charge in [-0.25, -0.2) is 0 Å². The fourth-order valence-electron chi connectivity index (χ4n) is 1.64. The second-order valence-corrected chi connectivity index (χ2v) is 4.64. The Morgan fingerprint density at radius 1 is 1.53 bits per heavy atom. The Balaban J connectivity index is 1.94. The highest BCUT2D eigenvalue weighted by atomic mass is 32.1. The van der Waals surface area contributed by atoms with Gasteiger partial charge in [0.25, 0.3) is 4.96 Å². The predicted octanol–water partition coefficient (Wildman–Crippen LogP) is 0.952. The minimum atomic E-state index is -0.423. The minimum absolute atomic E-state index is 0.0202. The van der Waals surface area contributed by atoms with E-state index in [4.69, 9.17) is 4.74 Å². The van der Waals surface area contributed by atoms with Gasteiger partial charge in [0, 0.05) is 32.1 Å². The lowest BCUT2D eigenvalue weighted by molar-refractivity contribution is -0.389. The molecule has 19 heavy (non-hydrogen) atoms. The average molecular weight is 285 g/mol. The molecule has 0 saturated carbocycles. The number of thiazole rings is 1. The molecule has 2 rings (SSSR count). The molecule has 0 fully saturated rings. The molecule has 0 bridgehead atoms. The Bertz CT molecular complexity index is 552. The van der Waals surface area contributed by atoms with Crippen LogP contribution in [0.1, 0.15) is 0 Å². The van der Waals surface area contributed by atoms with Gasteiger partial charge in [0.2, 0.25) is 5.82 Å². The number of nitrogens with one attached hydrogen (secondary N) is 2. The number of nitrogens with zero attached hydrogens (tertiary/aromatic N) is 3. The van der Waals surface area contributed by atoms with Crippen molar-refractivity contribution in [2.24, 2.45) is 0 Å². The van der Waals surface area contributed by atoms with Crippen LogP contribution < -0.4 is 10.6 Å². The Morgan fingerprint density at radius 2 is 2.37 bits per heavy atom. The van der Waals surface area contributed by atoms with Gasteiger partial charge in [-0.15, -0.1) is 0 Å². The van der Waals surface area contributed by atoms with E-state index < -0.39 is 4.92 Å². The Morgan fingerprint density at radius 3 is 3.11 bits per heavy atom. The molecule has 2 N–H and O–H groups in total. The molecule has 0 atom stereocenters. The Hall–Kier alpha value is -1.71. The van der Waals surface area contributed by atoms with Crippen molar-refractivity contribution in [2.45, 2.75) is 0 Å². The van der Waals surface area contributed by atoms with E-state index >= 15 is 0 Å². The van der Waals surface area contributed by atoms with Crippen LogP contribution in [-0.4, -0.2) is 47.7 Å². The third-order valence-electron chi connectivity index (χ3n) is 2.49. The summed E-state index contributed by atoms with van der Waals surface area (Å²) in [6.07, 6.45) is 1.65. The highest BCUT2D eigenvalue weighted by Crippen LogP contribution is 2.27. The molecule has 8 nitrogen and oxygen atoms in total. The molecule has 0 unspecified atom stereocenters. The summed E-state index contributed by atoms with van der Waals surface area (Å²) in [6.45, 7) is 2.64. The number of rotatable bonds is 8. The smallest absolute Gasteiger partial charge is 0.372 e. The zero-order valence-electron chi connectivity index (χ0n) is 10.5. The highest BCUT2D eigenvalue weighted by molar-refractivity contribution is 7.15. The molecule has 0 aliphatic carbocycles. The van der Waals surface area contributed by atoms with Crippen LogP contribution in [0.5, 0.6) is 0 Å². The van der Waals surface area contributed by atoms with Crippen molar-refractivity contribution in [3.05, 3.63) is 21.7 Å². The van der Waals surface area contributed by atoms with Crippen LogP contribution in [0, 0.1) is 10.1 Å². The standard InChI is InChI=1S/C10H15N5O3S/c1-18-6-4-11-2-3-12-8-9(15(16)17)14-5-7-19-10(14)13-8/h5,7,11-12H,2-4,6H2,1H3. The lowest BCUT2D eigenvalue weighted by Gasteiger charge is -2.05. The number of ether oxygens (including phenoxy) is 1. The van der Waals surface area contributed by atoms with Gasteiger partial charge in [-0.1, -0.05) is 11.3 Å². The first-order chi connectivity index (χ1) is 9.24. The summed E-state index contributed by atoms with van der Waals surface area (Å²) in [5.74, 6) is 0.290. The molecule has 0 amide bonds. The van der Waals surface area contributed by atoms with Crippen LogP contribution in [-0.2, 0) is 4.74 Å². The SMILES string of the molecule is COCCNCCNc1nc2sccn2c1[N+](=O)[O-]. The molecule has 9 heteroatoms. The van der Waals surface area contributed by atoms with E-state index in [2.05, 4.69) is 15.6 Å². The van der Waals surface area contributed by atoms with E-state index in [9.17, 15) is 10.1 Å². The number of hydrogen-bond donors (Lipinski definition) is 2. The lowest BCUT2D eigenvalue weighted by atomic mass is 10.5. The van der Waals surface area contributed by atoms with Crippen LogP contribution >= 0.6 is 11.3 Å². The number of aromatic nitrogens is 2. The summed E-state index contributed by atoms with van der Waals surface area (Å²) in [7, 11) is 1.64. The third-order valence-corrected chi connectivity index (χ3v) is 3.24. The fourth-order valence-corrected chi connectivity index (χ4v) is 2.34. The van der Waals surface area contributed by atoms with E-state index in [1.807, 2.05) is 0 Å². The summed E-state index contributed by atoms with van der Waals surface area (Å²) in [5.41, 5.74) is 0. The third kappa shape index (κ3) is 3.19. The highest BCUT2D eigenvalue weighted by Gasteiger charge is 2.22. The Kier molecular flexibility index (Phi) is 4.66. The molecular formula is C10H15N5O3S. The van der Waals surface area contributed by atoms with Gasteiger partial charge in [0.1, 0.15) is 6.20 Å². The summed E-state index contributed by atoms with van der Waals surface area (Å²) in [4.78, 5) is 15.4. The van der Waals surface area contributed by atoms with Crippen molar-refractivity contribution in [3.8, 4) is 0 Å². The zero-order valence-corrected chi connectivity index (χ0v) is 11.3. The first kappa shape index (κ1) is 13.7. The van der Waals surface area contributed by atoms with Crippen molar-refractivity contribution in [3.63, 3.8) is 0 Å². The largest absolute Gasteiger partial charge is 0.383 e. The first-order valence-electron chi connectivity index (χ1n) is 5.77. The number of hydrogen-bond acceptors (Lipinski definition) is 7. The molecule has 0 aliphatic rings. The van der Waals surface area contributed by atoms with Gasteiger partial charge in [-0.05, 0) is 4.92 Å². The summed E-state index contributed by atoms with van der Waals surface area (Å²) in [6, 6.07) is 0. The maximum Gasteiger partial charge on any atom is 0.372 e. The Labute approximate surface area is 113 Å². The molecule has 2 aromatic rings. The number of anilines is 1. The second kappa shape index (κ2) is 6.45. The van der Waals surface area contributed by atoms with E-state index in [1.54, 1.807) is 18.7 Å². The molecule has 0 aliphatic heterocycles. The monoisotopic (exact) mass is 285 g/mol.